The van der Waals surface area contributed by atoms with Crippen molar-refractivity contribution in [2.75, 3.05) is 19.6 Å². The fourth-order valence-corrected chi connectivity index (χ4v) is 5.40. The highest BCUT2D eigenvalue weighted by molar-refractivity contribution is 6.01. The van der Waals surface area contributed by atoms with Crippen LogP contribution in [0.4, 0.5) is 18.9 Å². The van der Waals surface area contributed by atoms with Gasteiger partial charge >= 0.3 is 18.1 Å². The Morgan fingerprint density at radius 2 is 1.57 bits per heavy atom. The van der Waals surface area contributed by atoms with Gasteiger partial charge in [0.1, 0.15) is 6.54 Å². The molecule has 0 saturated carbocycles. The Labute approximate surface area is 248 Å². The first-order valence-electron chi connectivity index (χ1n) is 13.6. The number of nitrogens with zero attached hydrogens (tertiary/aromatic N) is 4. The molecule has 4 aromatic rings. The van der Waals surface area contributed by atoms with Crippen LogP contribution >= 0.6 is 0 Å². The number of fused-ring (bicyclic) bond motifs is 2. The molecule has 0 aliphatic carbocycles. The van der Waals surface area contributed by atoms with Crippen molar-refractivity contribution < 1.29 is 37.2 Å². The van der Waals surface area contributed by atoms with Gasteiger partial charge in [0, 0.05) is 41.4 Å². The van der Waals surface area contributed by atoms with Crippen LogP contribution in [0.15, 0.2) is 85.2 Å². The van der Waals surface area contributed by atoms with E-state index in [1.54, 1.807) is 35.2 Å². The summed E-state index contributed by atoms with van der Waals surface area (Å²) in [5.41, 5.74) is 2.42. The highest BCUT2D eigenvalue weighted by atomic mass is 19.4. The van der Waals surface area contributed by atoms with Crippen molar-refractivity contribution in [2.24, 2.45) is 0 Å². The van der Waals surface area contributed by atoms with E-state index in [4.69, 9.17) is 4.84 Å². The molecule has 3 amide bonds. The minimum atomic E-state index is -5.40. The summed E-state index contributed by atoms with van der Waals surface area (Å²) in [6, 6.07) is 16.8. The molecule has 3 heterocycles. The van der Waals surface area contributed by atoms with Gasteiger partial charge in [-0.3, -0.25) is 14.4 Å². The van der Waals surface area contributed by atoms with Gasteiger partial charge in [0.05, 0.1) is 23.9 Å². The Bertz CT molecular complexity index is 1810. The van der Waals surface area contributed by atoms with Gasteiger partial charge in [-0.25, -0.2) is 14.6 Å². The number of H-pyrrole nitrogens is 1. The van der Waals surface area contributed by atoms with E-state index in [0.717, 1.165) is 0 Å². The van der Waals surface area contributed by atoms with Crippen LogP contribution < -0.4 is 4.65 Å². The molecule has 0 saturated heterocycles. The lowest BCUT2D eigenvalue weighted by Crippen LogP contribution is -2.58. The van der Waals surface area contributed by atoms with Crippen molar-refractivity contribution >= 4 is 40.4 Å². The molecule has 10 nitrogen and oxygen atoms in total. The smallest absolute Gasteiger partial charge is 0.345 e. The number of carbonyl (C=O) groups excluding carboxylic acids is 4. The first-order valence-corrected chi connectivity index (χ1v) is 13.6. The summed E-state index contributed by atoms with van der Waals surface area (Å²) in [7, 11) is 0. The highest BCUT2D eigenvalue weighted by Gasteiger charge is 2.55. The van der Waals surface area contributed by atoms with Crippen LogP contribution in [0.3, 0.4) is 0 Å². The summed E-state index contributed by atoms with van der Waals surface area (Å²) < 4.78 is 39.4. The molecule has 1 atom stereocenters. The number of carbonyl (C=O) groups is 4. The average Bonchev–Trinajstić information content (AvgIpc) is 3.70. The predicted octanol–water partition coefficient (Wildman–Crippen LogP) is 4.29. The first-order chi connectivity index (χ1) is 21.0. The number of amides is 3. The van der Waals surface area contributed by atoms with Gasteiger partial charge in [-0.05, 0) is 35.0 Å². The van der Waals surface area contributed by atoms with Crippen LogP contribution in [0.1, 0.15) is 31.8 Å². The lowest BCUT2D eigenvalue weighted by Gasteiger charge is -2.31. The number of hydrogen-bond acceptors (Lipinski definition) is 6. The molecular formula is C31H25F3N5O5+. The van der Waals surface area contributed by atoms with Crippen LogP contribution in [0.2, 0.25) is 0 Å². The van der Waals surface area contributed by atoms with Crippen molar-refractivity contribution in [1.82, 2.24) is 24.4 Å². The number of rotatable bonds is 5. The summed E-state index contributed by atoms with van der Waals surface area (Å²) in [5.74, 6) is -4.30. The minimum Gasteiger partial charge on any atom is -0.345 e. The van der Waals surface area contributed by atoms with Crippen LogP contribution in [0.5, 0.6) is 0 Å². The second kappa shape index (κ2) is 11.1. The lowest BCUT2D eigenvalue weighted by atomic mass is 10.1. The quantitative estimate of drug-likeness (QED) is 0.269. The van der Waals surface area contributed by atoms with E-state index in [2.05, 4.69) is 9.97 Å². The Morgan fingerprint density at radius 3 is 2.30 bits per heavy atom. The van der Waals surface area contributed by atoms with Crippen molar-refractivity contribution in [1.29, 1.82) is 0 Å². The van der Waals surface area contributed by atoms with E-state index in [0.29, 0.717) is 40.8 Å². The molecule has 44 heavy (non-hydrogen) atoms. The zero-order valence-corrected chi connectivity index (χ0v) is 23.1. The standard InChI is InChI=1S/C31H24F3N5O5/c32-31(33,34)30(43)44-39(18-20-7-9-21(10-8-20)28(41)37-13-3-4-14-37)26-6-2-1-5-23(26)16-38(17-27(39)40)29(42)22-11-12-24-25(15-22)36-19-35-24/h1-12,15,19H,13-14,16-18H2/p+1. The molecule has 0 fully saturated rings. The Balaban J connectivity index is 1.38. The van der Waals surface area contributed by atoms with Gasteiger partial charge in [0.25, 0.3) is 11.8 Å². The monoisotopic (exact) mass is 604 g/mol. The molecule has 2 aliphatic rings. The van der Waals surface area contributed by atoms with Gasteiger partial charge in [-0.15, -0.1) is 0 Å². The largest absolute Gasteiger partial charge is 0.497 e. The normalized spacial score (nSPS) is 18.3. The first kappa shape index (κ1) is 28.8. The summed E-state index contributed by atoms with van der Waals surface area (Å²) >= 11 is 0. The number of hydroxylamine groups is 2. The lowest BCUT2D eigenvalue weighted by molar-refractivity contribution is -0.235. The van der Waals surface area contributed by atoms with E-state index in [1.165, 1.54) is 47.6 Å². The number of halogens is 3. The van der Waals surface area contributed by atoms with E-state index < -0.39 is 41.7 Å². The number of aromatic amines is 1. The number of alkyl halides is 3. The van der Waals surface area contributed by atoms with Gasteiger partial charge in [0.2, 0.25) is 0 Å². The third-order valence-corrected chi connectivity index (χ3v) is 7.61. The van der Waals surface area contributed by atoms with Crippen LogP contribution in [-0.4, -0.2) is 69.3 Å². The second-order valence-corrected chi connectivity index (χ2v) is 10.5. The Morgan fingerprint density at radius 1 is 0.886 bits per heavy atom. The zero-order chi connectivity index (χ0) is 31.1. The molecule has 1 aromatic heterocycles. The summed E-state index contributed by atoms with van der Waals surface area (Å²) in [4.78, 5) is 67.8. The molecule has 0 bridgehead atoms. The molecule has 224 valence electrons. The second-order valence-electron chi connectivity index (χ2n) is 10.5. The van der Waals surface area contributed by atoms with Gasteiger partial charge in [-0.2, -0.15) is 13.2 Å². The summed E-state index contributed by atoms with van der Waals surface area (Å²) in [6.45, 7) is -0.380. The summed E-state index contributed by atoms with van der Waals surface area (Å²) in [6.07, 6.45) is -0.206. The molecule has 3 aromatic carbocycles. The number of hydrogen-bond donors (Lipinski definition) is 1. The number of aromatic nitrogens is 2. The average molecular weight is 605 g/mol. The molecular weight excluding hydrogens is 579 g/mol. The maximum atomic E-state index is 14.1. The molecule has 2 aliphatic heterocycles. The number of benzene rings is 3. The van der Waals surface area contributed by atoms with E-state index >= 15 is 0 Å². The maximum absolute atomic E-state index is 14.1. The number of para-hydroxylation sites is 1. The van der Waals surface area contributed by atoms with Crippen molar-refractivity contribution in [3.05, 3.63) is 107 Å². The van der Waals surface area contributed by atoms with Crippen LogP contribution in [-0.2, 0) is 27.5 Å². The Kier molecular flexibility index (Phi) is 7.25. The number of quaternary nitrogens is 1. The van der Waals surface area contributed by atoms with Crippen molar-refractivity contribution in [3.8, 4) is 0 Å². The predicted molar refractivity (Wildman–Crippen MR) is 151 cm³/mol. The van der Waals surface area contributed by atoms with E-state index in [1.807, 2.05) is 12.2 Å². The molecule has 6 rings (SSSR count). The Hall–Kier alpha value is -5.30. The van der Waals surface area contributed by atoms with Gasteiger partial charge in [-0.1, -0.05) is 42.5 Å². The third kappa shape index (κ3) is 5.33. The van der Waals surface area contributed by atoms with Gasteiger partial charge < -0.3 is 14.8 Å². The SMILES string of the molecule is O=C(c1ccc(C[N+]2(OC(=O)C(F)(F)F)C(=O)CN(C(=O)c3ccc4nc[nH]c4c3)Cc3ccccc32)cc1)N1CC=CC1. The highest BCUT2D eigenvalue weighted by Crippen LogP contribution is 2.37. The van der Waals surface area contributed by atoms with E-state index in [9.17, 15) is 32.3 Å². The van der Waals surface area contributed by atoms with Crippen LogP contribution in [0.25, 0.3) is 11.0 Å². The number of nitrogens with one attached hydrogen (secondary N) is 1. The molecule has 1 N–H and O–H groups in total. The van der Waals surface area contributed by atoms with Crippen molar-refractivity contribution in [3.63, 3.8) is 0 Å². The van der Waals surface area contributed by atoms with Gasteiger partial charge in [0.15, 0.2) is 12.2 Å². The molecule has 0 spiro atoms. The number of imidazole rings is 1. The fourth-order valence-electron chi connectivity index (χ4n) is 5.40. The molecule has 0 radical (unpaired) electrons. The van der Waals surface area contributed by atoms with E-state index in [-0.39, 0.29) is 23.7 Å². The van der Waals surface area contributed by atoms with Crippen LogP contribution in [0, 0.1) is 0 Å². The third-order valence-electron chi connectivity index (χ3n) is 7.61. The fraction of sp³-hybridized carbons (Fsp3) is 0.194. The summed E-state index contributed by atoms with van der Waals surface area (Å²) in [5, 5.41) is 0. The molecule has 13 heteroatoms. The topological polar surface area (TPSA) is 113 Å². The minimum absolute atomic E-state index is 0.0160. The molecule has 1 unspecified atom stereocenters. The zero-order valence-electron chi connectivity index (χ0n) is 23.1. The maximum Gasteiger partial charge on any atom is 0.497 e. The van der Waals surface area contributed by atoms with Crippen molar-refractivity contribution in [2.45, 2.75) is 19.3 Å².